The van der Waals surface area contributed by atoms with Crippen LogP contribution in [0.25, 0.3) is 0 Å². The Kier molecular flexibility index (Phi) is 7.68. The van der Waals surface area contributed by atoms with Crippen molar-refractivity contribution in [1.29, 1.82) is 0 Å². The van der Waals surface area contributed by atoms with Crippen molar-refractivity contribution in [2.75, 3.05) is 19.7 Å². The van der Waals surface area contributed by atoms with Gasteiger partial charge in [0.2, 0.25) is 5.91 Å². The van der Waals surface area contributed by atoms with Gasteiger partial charge in [0.05, 0.1) is 0 Å². The van der Waals surface area contributed by atoms with E-state index in [1.165, 1.54) is 5.56 Å². The van der Waals surface area contributed by atoms with Crippen molar-refractivity contribution in [3.05, 3.63) is 66.2 Å². The summed E-state index contributed by atoms with van der Waals surface area (Å²) >= 11 is 0. The first-order chi connectivity index (χ1) is 14.1. The van der Waals surface area contributed by atoms with Crippen molar-refractivity contribution in [3.8, 4) is 5.75 Å². The molecule has 1 aliphatic heterocycles. The molecule has 0 aliphatic carbocycles. The van der Waals surface area contributed by atoms with Crippen LogP contribution < -0.4 is 10.1 Å². The van der Waals surface area contributed by atoms with Gasteiger partial charge >= 0.3 is 0 Å². The number of para-hydroxylation sites is 1. The predicted octanol–water partition coefficient (Wildman–Crippen LogP) is 3.44. The molecule has 1 saturated heterocycles. The molecular formula is C24H30N2O3. The van der Waals surface area contributed by atoms with Crippen LogP contribution in [0.3, 0.4) is 0 Å². The molecule has 0 bridgehead atoms. The van der Waals surface area contributed by atoms with E-state index in [0.29, 0.717) is 31.7 Å². The zero-order valence-electron chi connectivity index (χ0n) is 17.0. The zero-order chi connectivity index (χ0) is 20.5. The largest absolute Gasteiger partial charge is 0.484 e. The number of benzene rings is 2. The molecule has 2 amide bonds. The minimum Gasteiger partial charge on any atom is -0.484 e. The Labute approximate surface area is 173 Å². The van der Waals surface area contributed by atoms with Crippen molar-refractivity contribution < 1.29 is 14.3 Å². The lowest BCUT2D eigenvalue weighted by molar-refractivity contribution is -0.137. The number of amides is 2. The molecule has 3 rings (SSSR count). The summed E-state index contributed by atoms with van der Waals surface area (Å²) in [6.45, 7) is 3.30. The number of rotatable bonds is 8. The third-order valence-corrected chi connectivity index (χ3v) is 5.42. The summed E-state index contributed by atoms with van der Waals surface area (Å²) in [7, 11) is 0. The number of ether oxygens (including phenoxy) is 1. The summed E-state index contributed by atoms with van der Waals surface area (Å²) < 4.78 is 5.54. The van der Waals surface area contributed by atoms with E-state index in [4.69, 9.17) is 4.74 Å². The fourth-order valence-corrected chi connectivity index (χ4v) is 3.60. The summed E-state index contributed by atoms with van der Waals surface area (Å²) in [5.74, 6) is 0.759. The number of piperidine rings is 1. The molecule has 2 aromatic carbocycles. The van der Waals surface area contributed by atoms with Gasteiger partial charge in [0.15, 0.2) is 6.61 Å². The van der Waals surface area contributed by atoms with Crippen LogP contribution in [0.1, 0.15) is 31.7 Å². The van der Waals surface area contributed by atoms with Gasteiger partial charge in [-0.05, 0) is 50.3 Å². The van der Waals surface area contributed by atoms with Crippen LogP contribution in [0.2, 0.25) is 0 Å². The number of hydrogen-bond donors (Lipinski definition) is 1. The van der Waals surface area contributed by atoms with Crippen LogP contribution in [-0.4, -0.2) is 42.5 Å². The number of carbonyl (C=O) groups is 2. The van der Waals surface area contributed by atoms with Crippen molar-refractivity contribution in [1.82, 2.24) is 10.2 Å². The second-order valence-electron chi connectivity index (χ2n) is 7.69. The van der Waals surface area contributed by atoms with E-state index in [9.17, 15) is 9.59 Å². The maximum atomic E-state index is 12.6. The molecule has 5 heteroatoms. The Bertz CT molecular complexity index is 771. The van der Waals surface area contributed by atoms with Crippen LogP contribution in [0.15, 0.2) is 60.7 Å². The lowest BCUT2D eigenvalue weighted by Gasteiger charge is -2.32. The Morgan fingerprint density at radius 3 is 2.31 bits per heavy atom. The number of likely N-dealkylation sites (tertiary alicyclic amines) is 1. The molecule has 1 aliphatic rings. The van der Waals surface area contributed by atoms with E-state index in [2.05, 4.69) is 24.4 Å². The molecular weight excluding hydrogens is 364 g/mol. The number of nitrogens with zero attached hydrogens (tertiary/aromatic N) is 1. The van der Waals surface area contributed by atoms with Crippen molar-refractivity contribution in [2.24, 2.45) is 5.92 Å². The van der Waals surface area contributed by atoms with E-state index in [1.807, 2.05) is 48.5 Å². The third kappa shape index (κ3) is 6.63. The molecule has 154 valence electrons. The minimum absolute atomic E-state index is 0.0201. The quantitative estimate of drug-likeness (QED) is 0.746. The number of aryl methyl sites for hydroxylation is 1. The summed E-state index contributed by atoms with van der Waals surface area (Å²) in [4.78, 5) is 26.7. The first-order valence-electron chi connectivity index (χ1n) is 10.4. The molecule has 0 radical (unpaired) electrons. The topological polar surface area (TPSA) is 58.6 Å². The van der Waals surface area contributed by atoms with Crippen LogP contribution >= 0.6 is 0 Å². The van der Waals surface area contributed by atoms with Crippen LogP contribution in [0.5, 0.6) is 5.75 Å². The van der Waals surface area contributed by atoms with E-state index in [0.717, 1.165) is 12.8 Å². The first kappa shape index (κ1) is 20.9. The number of hydrogen-bond acceptors (Lipinski definition) is 3. The molecule has 5 nitrogen and oxygen atoms in total. The molecule has 1 fully saturated rings. The van der Waals surface area contributed by atoms with Gasteiger partial charge in [-0.1, -0.05) is 48.5 Å². The molecule has 29 heavy (non-hydrogen) atoms. The highest BCUT2D eigenvalue weighted by Crippen LogP contribution is 2.18. The Morgan fingerprint density at radius 1 is 1.03 bits per heavy atom. The second-order valence-corrected chi connectivity index (χ2v) is 7.69. The van der Waals surface area contributed by atoms with E-state index in [-0.39, 0.29) is 30.4 Å². The monoisotopic (exact) mass is 394 g/mol. The fourth-order valence-electron chi connectivity index (χ4n) is 3.60. The fraction of sp³-hybridized carbons (Fsp3) is 0.417. The summed E-state index contributed by atoms with van der Waals surface area (Å²) in [5, 5.41) is 3.14. The van der Waals surface area contributed by atoms with Crippen molar-refractivity contribution in [3.63, 3.8) is 0 Å². The normalized spacial score (nSPS) is 15.6. The average molecular weight is 395 g/mol. The lowest BCUT2D eigenvalue weighted by Crippen LogP contribution is -2.46. The predicted molar refractivity (Wildman–Crippen MR) is 114 cm³/mol. The van der Waals surface area contributed by atoms with Crippen molar-refractivity contribution in [2.45, 2.75) is 38.6 Å². The summed E-state index contributed by atoms with van der Waals surface area (Å²) in [6.07, 6.45) is 3.28. The second kappa shape index (κ2) is 10.6. The summed E-state index contributed by atoms with van der Waals surface area (Å²) in [6, 6.07) is 19.8. The lowest BCUT2D eigenvalue weighted by atomic mass is 9.95. The number of carbonyl (C=O) groups excluding carboxylic acids is 2. The van der Waals surface area contributed by atoms with Crippen LogP contribution in [-0.2, 0) is 16.0 Å². The molecule has 0 spiro atoms. The maximum Gasteiger partial charge on any atom is 0.260 e. The van der Waals surface area contributed by atoms with Gasteiger partial charge < -0.3 is 15.0 Å². The van der Waals surface area contributed by atoms with Crippen LogP contribution in [0.4, 0.5) is 0 Å². The van der Waals surface area contributed by atoms with Gasteiger partial charge in [-0.25, -0.2) is 0 Å². The zero-order valence-corrected chi connectivity index (χ0v) is 17.0. The standard InChI is InChI=1S/C24H30N2O3/c1-19(12-13-20-8-4-2-5-9-20)25-24(28)21-14-16-26(17-15-21)23(27)18-29-22-10-6-3-7-11-22/h2-11,19,21H,12-18H2,1H3,(H,25,28)/t19-/m1/s1. The van der Waals surface area contributed by atoms with Gasteiger partial charge in [0, 0.05) is 25.0 Å². The number of nitrogens with one attached hydrogen (secondary N) is 1. The highest BCUT2D eigenvalue weighted by Gasteiger charge is 2.28. The smallest absolute Gasteiger partial charge is 0.260 e. The van der Waals surface area contributed by atoms with Crippen LogP contribution in [0, 0.1) is 5.92 Å². The molecule has 2 aromatic rings. The average Bonchev–Trinajstić information content (AvgIpc) is 2.77. The highest BCUT2D eigenvalue weighted by atomic mass is 16.5. The molecule has 1 heterocycles. The SMILES string of the molecule is C[C@H](CCc1ccccc1)NC(=O)C1CCN(C(=O)COc2ccccc2)CC1. The van der Waals surface area contributed by atoms with Gasteiger partial charge in [-0.2, -0.15) is 0 Å². The molecule has 1 atom stereocenters. The highest BCUT2D eigenvalue weighted by molar-refractivity contribution is 5.80. The van der Waals surface area contributed by atoms with Gasteiger partial charge in [-0.3, -0.25) is 9.59 Å². The summed E-state index contributed by atoms with van der Waals surface area (Å²) in [5.41, 5.74) is 1.29. The minimum atomic E-state index is -0.0241. The van der Waals surface area contributed by atoms with Gasteiger partial charge in [-0.15, -0.1) is 0 Å². The Hall–Kier alpha value is -2.82. The van der Waals surface area contributed by atoms with E-state index < -0.39 is 0 Å². The molecule has 1 N–H and O–H groups in total. The van der Waals surface area contributed by atoms with Gasteiger partial charge in [0.25, 0.3) is 5.91 Å². The molecule has 0 saturated carbocycles. The first-order valence-corrected chi connectivity index (χ1v) is 10.4. The van der Waals surface area contributed by atoms with E-state index in [1.54, 1.807) is 4.90 Å². The Morgan fingerprint density at radius 2 is 1.66 bits per heavy atom. The maximum absolute atomic E-state index is 12.6. The third-order valence-electron chi connectivity index (χ3n) is 5.42. The van der Waals surface area contributed by atoms with Crippen molar-refractivity contribution >= 4 is 11.8 Å². The van der Waals surface area contributed by atoms with Gasteiger partial charge in [0.1, 0.15) is 5.75 Å². The van der Waals surface area contributed by atoms with E-state index >= 15 is 0 Å². The molecule has 0 unspecified atom stereocenters. The molecule has 0 aromatic heterocycles. The Balaban J connectivity index is 1.35.